The molecule has 1 heterocycles. The van der Waals surface area contributed by atoms with Gasteiger partial charge in [0.1, 0.15) is 5.82 Å². The van der Waals surface area contributed by atoms with E-state index in [1.807, 2.05) is 0 Å². The Bertz CT molecular complexity index is 796. The van der Waals surface area contributed by atoms with Gasteiger partial charge in [-0.05, 0) is 51.0 Å². The van der Waals surface area contributed by atoms with Crippen LogP contribution in [-0.2, 0) is 19.3 Å². The third kappa shape index (κ3) is 31.4. The molecule has 0 bridgehead atoms. The first-order chi connectivity index (χ1) is 25.7. The molecule has 0 saturated heterocycles. The number of aromatic nitrogens is 2. The third-order valence-electron chi connectivity index (χ3n) is 11.9. The summed E-state index contributed by atoms with van der Waals surface area (Å²) in [6.07, 6.45) is 58.9. The normalized spacial score (nSPS) is 11.6. The van der Waals surface area contributed by atoms with Gasteiger partial charge in [-0.15, -0.1) is 0 Å². The minimum atomic E-state index is 1.02. The zero-order valence-corrected chi connectivity index (χ0v) is 36.6. The minimum absolute atomic E-state index is 1.02. The van der Waals surface area contributed by atoms with Gasteiger partial charge in [0.25, 0.3) is 0 Å². The first-order valence-corrected chi connectivity index (χ1v) is 24.6. The van der Waals surface area contributed by atoms with Gasteiger partial charge in [0, 0.05) is 11.4 Å². The highest BCUT2D eigenvalue weighted by Gasteiger charge is 2.13. The van der Waals surface area contributed by atoms with Crippen molar-refractivity contribution >= 4 is 0 Å². The minimum Gasteiger partial charge on any atom is -0.238 e. The average molecular weight is 725 g/mol. The van der Waals surface area contributed by atoms with Crippen LogP contribution in [0.5, 0.6) is 0 Å². The number of unbranched alkanes of at least 4 members (excludes halogenated alkanes) is 36. The lowest BCUT2D eigenvalue weighted by molar-refractivity contribution is 0.534. The fourth-order valence-corrected chi connectivity index (χ4v) is 8.36. The predicted molar refractivity (Wildman–Crippen MR) is 235 cm³/mol. The smallest absolute Gasteiger partial charge is 0.125 e. The van der Waals surface area contributed by atoms with Crippen LogP contribution in [0, 0.1) is 6.92 Å². The molecule has 1 aromatic heterocycles. The molecule has 0 aliphatic rings. The van der Waals surface area contributed by atoms with Crippen molar-refractivity contribution in [2.24, 2.45) is 0 Å². The predicted octanol–water partition coefficient (Wildman–Crippen LogP) is 17.7. The Morgan fingerprint density at radius 1 is 0.250 bits per heavy atom. The molecule has 1 rings (SSSR count). The molecule has 1 aromatic rings. The van der Waals surface area contributed by atoms with Crippen molar-refractivity contribution in [3.8, 4) is 0 Å². The van der Waals surface area contributed by atoms with Crippen LogP contribution in [0.3, 0.4) is 0 Å². The summed E-state index contributed by atoms with van der Waals surface area (Å²) < 4.78 is 0. The van der Waals surface area contributed by atoms with Crippen molar-refractivity contribution in [3.63, 3.8) is 0 Å². The third-order valence-corrected chi connectivity index (χ3v) is 11.9. The highest BCUT2D eigenvalue weighted by molar-refractivity contribution is 5.27. The van der Waals surface area contributed by atoms with E-state index < -0.39 is 0 Å². The van der Waals surface area contributed by atoms with Gasteiger partial charge in [-0.25, -0.2) is 9.97 Å². The highest BCUT2D eigenvalue weighted by atomic mass is 14.9. The van der Waals surface area contributed by atoms with E-state index in [-0.39, 0.29) is 0 Å². The number of nitrogens with zero attached hydrogens (tertiary/aromatic N) is 2. The quantitative estimate of drug-likeness (QED) is 0.0627. The van der Waals surface area contributed by atoms with Crippen molar-refractivity contribution in [3.05, 3.63) is 22.8 Å². The molecule has 52 heavy (non-hydrogen) atoms. The standard InChI is InChI=1S/C50H96N2/c1-5-8-11-14-17-20-23-26-29-32-35-38-41-44-48-49(45-42-39-36-33-30-27-24-21-18-15-12-9-6-2)51-47(4)52-50(48)46-43-40-37-34-31-28-25-22-19-16-13-10-7-3/h5-46H2,1-4H3. The molecule has 0 aliphatic carbocycles. The number of aryl methyl sites for hydroxylation is 3. The lowest BCUT2D eigenvalue weighted by Gasteiger charge is -2.15. The van der Waals surface area contributed by atoms with E-state index >= 15 is 0 Å². The zero-order valence-electron chi connectivity index (χ0n) is 36.6. The molecule has 0 radical (unpaired) electrons. The van der Waals surface area contributed by atoms with E-state index in [0.29, 0.717) is 0 Å². The lowest BCUT2D eigenvalue weighted by Crippen LogP contribution is -2.09. The topological polar surface area (TPSA) is 25.8 Å². The van der Waals surface area contributed by atoms with Gasteiger partial charge in [-0.1, -0.05) is 252 Å². The maximum Gasteiger partial charge on any atom is 0.125 e. The Balaban J connectivity index is 2.42. The highest BCUT2D eigenvalue weighted by Crippen LogP contribution is 2.22. The zero-order chi connectivity index (χ0) is 37.4. The van der Waals surface area contributed by atoms with Crippen LogP contribution in [0.1, 0.15) is 294 Å². The molecular weight excluding hydrogens is 629 g/mol. The molecule has 0 aromatic carbocycles. The Kier molecular flexibility index (Phi) is 37.5. The summed E-state index contributed by atoms with van der Waals surface area (Å²) in [4.78, 5) is 10.2. The summed E-state index contributed by atoms with van der Waals surface area (Å²) in [5.74, 6) is 1.02. The Morgan fingerprint density at radius 3 is 0.673 bits per heavy atom. The van der Waals surface area contributed by atoms with Crippen LogP contribution in [0.25, 0.3) is 0 Å². The lowest BCUT2D eigenvalue weighted by atomic mass is 9.96. The fraction of sp³-hybridized carbons (Fsp3) is 0.920. The van der Waals surface area contributed by atoms with E-state index in [1.54, 1.807) is 5.56 Å². The molecular formula is C50H96N2. The van der Waals surface area contributed by atoms with E-state index in [9.17, 15) is 0 Å². The summed E-state index contributed by atoms with van der Waals surface area (Å²) in [6, 6.07) is 0. The summed E-state index contributed by atoms with van der Waals surface area (Å²) in [5.41, 5.74) is 4.39. The van der Waals surface area contributed by atoms with Gasteiger partial charge < -0.3 is 0 Å². The van der Waals surface area contributed by atoms with Gasteiger partial charge >= 0.3 is 0 Å². The number of rotatable bonds is 42. The molecule has 0 atom stereocenters. The van der Waals surface area contributed by atoms with Crippen molar-refractivity contribution in [1.82, 2.24) is 9.97 Å². The van der Waals surface area contributed by atoms with E-state index in [0.717, 1.165) is 5.82 Å². The molecule has 2 nitrogen and oxygen atoms in total. The van der Waals surface area contributed by atoms with Crippen LogP contribution < -0.4 is 0 Å². The molecule has 0 amide bonds. The number of hydrogen-bond donors (Lipinski definition) is 0. The van der Waals surface area contributed by atoms with Crippen LogP contribution in [0.15, 0.2) is 0 Å². The molecule has 0 spiro atoms. The Morgan fingerprint density at radius 2 is 0.442 bits per heavy atom. The van der Waals surface area contributed by atoms with Crippen molar-refractivity contribution < 1.29 is 0 Å². The molecule has 0 N–H and O–H groups in total. The molecule has 0 unspecified atom stereocenters. The second kappa shape index (κ2) is 39.8. The van der Waals surface area contributed by atoms with Gasteiger partial charge in [-0.3, -0.25) is 0 Å². The van der Waals surface area contributed by atoms with Crippen molar-refractivity contribution in [2.75, 3.05) is 0 Å². The molecule has 0 aliphatic heterocycles. The van der Waals surface area contributed by atoms with E-state index in [4.69, 9.17) is 9.97 Å². The first kappa shape index (κ1) is 49.1. The van der Waals surface area contributed by atoms with Crippen LogP contribution in [0.4, 0.5) is 0 Å². The maximum absolute atomic E-state index is 5.11. The summed E-state index contributed by atoms with van der Waals surface area (Å²) in [5, 5.41) is 0. The first-order valence-electron chi connectivity index (χ1n) is 24.6. The monoisotopic (exact) mass is 725 g/mol. The van der Waals surface area contributed by atoms with E-state index in [1.165, 1.54) is 281 Å². The maximum atomic E-state index is 5.11. The number of hydrogen-bond acceptors (Lipinski definition) is 2. The van der Waals surface area contributed by atoms with Crippen LogP contribution in [0.2, 0.25) is 0 Å². The summed E-state index contributed by atoms with van der Waals surface area (Å²) in [6.45, 7) is 9.09. The van der Waals surface area contributed by atoms with Gasteiger partial charge in [0.2, 0.25) is 0 Å². The molecule has 2 heteroatoms. The van der Waals surface area contributed by atoms with Gasteiger partial charge in [0.05, 0.1) is 0 Å². The Labute approximate surface area is 329 Å². The average Bonchev–Trinajstić information content (AvgIpc) is 3.14. The van der Waals surface area contributed by atoms with Crippen LogP contribution >= 0.6 is 0 Å². The van der Waals surface area contributed by atoms with E-state index in [2.05, 4.69) is 27.7 Å². The van der Waals surface area contributed by atoms with Gasteiger partial charge in [0.15, 0.2) is 0 Å². The Hall–Kier alpha value is -0.920. The molecule has 306 valence electrons. The molecule has 0 saturated carbocycles. The second-order valence-electron chi connectivity index (χ2n) is 17.1. The SMILES string of the molecule is CCCCCCCCCCCCCCCc1nc(C)nc(CCCCCCCCCCCCCCC)c1CCCCCCCCCCCCCCC. The van der Waals surface area contributed by atoms with Crippen molar-refractivity contribution in [2.45, 2.75) is 297 Å². The van der Waals surface area contributed by atoms with Gasteiger partial charge in [-0.2, -0.15) is 0 Å². The summed E-state index contributed by atoms with van der Waals surface area (Å²) >= 11 is 0. The largest absolute Gasteiger partial charge is 0.238 e. The molecule has 0 fully saturated rings. The van der Waals surface area contributed by atoms with Crippen LogP contribution in [-0.4, -0.2) is 9.97 Å². The fourth-order valence-electron chi connectivity index (χ4n) is 8.36. The second-order valence-corrected chi connectivity index (χ2v) is 17.1. The summed E-state index contributed by atoms with van der Waals surface area (Å²) in [7, 11) is 0. The van der Waals surface area contributed by atoms with Crippen molar-refractivity contribution in [1.29, 1.82) is 0 Å².